The first kappa shape index (κ1) is 20.9. The van der Waals surface area contributed by atoms with Gasteiger partial charge >= 0.3 is 166 Å². The van der Waals surface area contributed by atoms with Crippen molar-refractivity contribution in [3.8, 4) is 9.85 Å². The molecule has 0 aliphatic carbocycles. The molecular weight excluding hydrogens is 459 g/mol. The van der Waals surface area contributed by atoms with Crippen molar-refractivity contribution < 1.29 is 10.9 Å². The summed E-state index contributed by atoms with van der Waals surface area (Å²) in [7, 11) is -3.81. The molecular formula is C21H25IO3S. The van der Waals surface area contributed by atoms with Gasteiger partial charge in [-0.25, -0.2) is 0 Å². The van der Waals surface area contributed by atoms with Gasteiger partial charge in [0.05, 0.1) is 0 Å². The fourth-order valence-electron chi connectivity index (χ4n) is 2.21. The van der Waals surface area contributed by atoms with Gasteiger partial charge in [-0.2, -0.15) is 0 Å². The Hall–Kier alpha value is -1.36. The zero-order valence-corrected chi connectivity index (χ0v) is 18.2. The third-order valence-corrected chi connectivity index (χ3v) is 10.1. The fraction of sp³-hybridized carbons (Fsp3) is 0.333. The second kappa shape index (κ2) is 10.7. The predicted molar refractivity (Wildman–Crippen MR) is 115 cm³/mol. The standard InChI is InChI=1S/C21H25IO3S/c1-3-4-5-6-7-11-18-22(20-12-9-8-10-13-20)25-26(23,24)21-16-14-19(2)15-17-21/h8-10,12-17H,3-7H2,1-2H3. The first-order chi connectivity index (χ1) is 12.5. The normalized spacial score (nSPS) is 11.5. The van der Waals surface area contributed by atoms with E-state index in [2.05, 4.69) is 16.8 Å². The third kappa shape index (κ3) is 6.75. The molecule has 140 valence electrons. The van der Waals surface area contributed by atoms with Gasteiger partial charge in [-0.3, -0.25) is 0 Å². The van der Waals surface area contributed by atoms with Gasteiger partial charge in [0.1, 0.15) is 0 Å². The molecule has 0 bridgehead atoms. The summed E-state index contributed by atoms with van der Waals surface area (Å²) in [6.45, 7) is 4.10. The molecule has 0 aromatic heterocycles. The van der Waals surface area contributed by atoms with Crippen LogP contribution in [0.5, 0.6) is 0 Å². The molecule has 2 aromatic rings. The quantitative estimate of drug-likeness (QED) is 0.265. The summed E-state index contributed by atoms with van der Waals surface area (Å²) in [5, 5.41) is 0. The van der Waals surface area contributed by atoms with Crippen LogP contribution in [0, 0.1) is 20.3 Å². The van der Waals surface area contributed by atoms with Crippen LogP contribution < -0.4 is 0 Å². The minimum atomic E-state index is -3.81. The van der Waals surface area contributed by atoms with Gasteiger partial charge in [0.15, 0.2) is 0 Å². The topological polar surface area (TPSA) is 43.4 Å². The van der Waals surface area contributed by atoms with Crippen molar-refractivity contribution >= 4 is 30.4 Å². The molecule has 0 aliphatic rings. The van der Waals surface area contributed by atoms with E-state index in [1.165, 1.54) is 12.8 Å². The van der Waals surface area contributed by atoms with Gasteiger partial charge in [0, 0.05) is 0 Å². The molecule has 0 radical (unpaired) electrons. The van der Waals surface area contributed by atoms with E-state index in [1.807, 2.05) is 37.3 Å². The third-order valence-electron chi connectivity index (χ3n) is 3.69. The van der Waals surface area contributed by atoms with E-state index < -0.39 is 30.4 Å². The molecule has 0 unspecified atom stereocenters. The van der Waals surface area contributed by atoms with Gasteiger partial charge in [0.25, 0.3) is 0 Å². The Morgan fingerprint density at radius 3 is 2.31 bits per heavy atom. The Bertz CT molecular complexity index is 834. The maximum atomic E-state index is 12.7. The number of benzene rings is 2. The van der Waals surface area contributed by atoms with E-state index in [4.69, 9.17) is 2.51 Å². The van der Waals surface area contributed by atoms with Gasteiger partial charge in [-0.05, 0) is 0 Å². The predicted octanol–water partition coefficient (Wildman–Crippen LogP) is 5.92. The minimum absolute atomic E-state index is 0.186. The second-order valence-corrected chi connectivity index (χ2v) is 11.7. The summed E-state index contributed by atoms with van der Waals surface area (Å²) in [5.41, 5.74) is 1.01. The van der Waals surface area contributed by atoms with Crippen molar-refractivity contribution in [3.05, 3.63) is 63.7 Å². The van der Waals surface area contributed by atoms with Crippen LogP contribution in [-0.4, -0.2) is 8.42 Å². The van der Waals surface area contributed by atoms with E-state index in [1.54, 1.807) is 24.3 Å². The monoisotopic (exact) mass is 484 g/mol. The van der Waals surface area contributed by atoms with Gasteiger partial charge < -0.3 is 0 Å². The van der Waals surface area contributed by atoms with E-state index in [0.29, 0.717) is 0 Å². The summed E-state index contributed by atoms with van der Waals surface area (Å²) in [5.74, 6) is 3.16. The molecule has 0 fully saturated rings. The van der Waals surface area contributed by atoms with Crippen LogP contribution in [0.1, 0.15) is 44.6 Å². The Kier molecular flexibility index (Phi) is 8.63. The molecule has 3 nitrogen and oxygen atoms in total. The van der Waals surface area contributed by atoms with Crippen molar-refractivity contribution in [1.82, 2.24) is 0 Å². The first-order valence-corrected chi connectivity index (χ1v) is 13.2. The first-order valence-electron chi connectivity index (χ1n) is 8.78. The number of hydrogen-bond acceptors (Lipinski definition) is 3. The number of aryl methyl sites for hydroxylation is 1. The summed E-state index contributed by atoms with van der Waals surface area (Å²) in [6, 6.07) is 16.2. The molecule has 2 aromatic carbocycles. The maximum absolute atomic E-state index is 12.7. The van der Waals surface area contributed by atoms with Crippen LogP contribution in [0.15, 0.2) is 59.5 Å². The number of halogens is 1. The molecule has 0 amide bonds. The second-order valence-electron chi connectivity index (χ2n) is 5.96. The van der Waals surface area contributed by atoms with Gasteiger partial charge in [-0.1, -0.05) is 0 Å². The molecule has 2 rings (SSSR count). The molecule has 0 saturated carbocycles. The van der Waals surface area contributed by atoms with E-state index in [9.17, 15) is 8.42 Å². The van der Waals surface area contributed by atoms with Crippen LogP contribution in [-0.2, 0) is 12.6 Å². The summed E-state index contributed by atoms with van der Waals surface area (Å²) in [4.78, 5) is 0.186. The van der Waals surface area contributed by atoms with E-state index in [0.717, 1.165) is 28.4 Å². The zero-order chi connectivity index (χ0) is 18.8. The fourth-order valence-corrected chi connectivity index (χ4v) is 7.95. The van der Waals surface area contributed by atoms with Crippen molar-refractivity contribution in [2.75, 3.05) is 0 Å². The van der Waals surface area contributed by atoms with Gasteiger partial charge in [0.2, 0.25) is 0 Å². The van der Waals surface area contributed by atoms with Crippen molar-refractivity contribution in [1.29, 1.82) is 0 Å². The average molecular weight is 484 g/mol. The Balaban J connectivity index is 2.16. The molecule has 0 spiro atoms. The van der Waals surface area contributed by atoms with Crippen LogP contribution in [0.4, 0.5) is 0 Å². The summed E-state index contributed by atoms with van der Waals surface area (Å²) < 4.78 is 35.0. The van der Waals surface area contributed by atoms with Crippen LogP contribution in [0.3, 0.4) is 0 Å². The molecule has 26 heavy (non-hydrogen) atoms. The van der Waals surface area contributed by atoms with Crippen molar-refractivity contribution in [2.45, 2.75) is 50.8 Å². The zero-order valence-electron chi connectivity index (χ0n) is 15.2. The van der Waals surface area contributed by atoms with Gasteiger partial charge in [-0.15, -0.1) is 0 Å². The van der Waals surface area contributed by atoms with E-state index in [-0.39, 0.29) is 4.90 Å². The molecule has 0 heterocycles. The van der Waals surface area contributed by atoms with Crippen LogP contribution in [0.25, 0.3) is 0 Å². The number of unbranched alkanes of at least 4 members (excludes halogenated alkanes) is 4. The number of rotatable bonds is 8. The van der Waals surface area contributed by atoms with E-state index >= 15 is 0 Å². The van der Waals surface area contributed by atoms with Crippen molar-refractivity contribution in [3.63, 3.8) is 0 Å². The summed E-state index contributed by atoms with van der Waals surface area (Å²) >= 11 is -2.61. The average Bonchev–Trinajstić information content (AvgIpc) is 2.64. The molecule has 5 heteroatoms. The summed E-state index contributed by atoms with van der Waals surface area (Å²) in [6.07, 6.45) is 5.39. The molecule has 0 N–H and O–H groups in total. The van der Waals surface area contributed by atoms with Crippen LogP contribution >= 0.6 is 20.2 Å². The Labute approximate surface area is 165 Å². The molecule has 0 aliphatic heterocycles. The molecule has 0 saturated heterocycles. The molecule has 0 atom stereocenters. The Morgan fingerprint density at radius 1 is 0.962 bits per heavy atom. The number of hydrogen-bond donors (Lipinski definition) is 0. The van der Waals surface area contributed by atoms with Crippen molar-refractivity contribution in [2.24, 2.45) is 0 Å². The van der Waals surface area contributed by atoms with Crippen LogP contribution in [0.2, 0.25) is 0 Å². The Morgan fingerprint density at radius 2 is 1.65 bits per heavy atom. The SMILES string of the molecule is CCCCCCC#CI(OS(=O)(=O)c1ccc(C)cc1)c1ccccc1.